The predicted octanol–water partition coefficient (Wildman–Crippen LogP) is 3.17. The molecule has 1 atom stereocenters. The van der Waals surface area contributed by atoms with E-state index in [-0.39, 0.29) is 0 Å². The topological polar surface area (TPSA) is 15.3 Å². The maximum atomic E-state index is 3.80. The first-order chi connectivity index (χ1) is 8.26. The van der Waals surface area contributed by atoms with Crippen molar-refractivity contribution >= 4 is 0 Å². The van der Waals surface area contributed by atoms with Crippen LogP contribution in [0.2, 0.25) is 0 Å². The van der Waals surface area contributed by atoms with Gasteiger partial charge in [-0.05, 0) is 45.7 Å². The molecule has 2 aliphatic rings. The van der Waals surface area contributed by atoms with E-state index in [2.05, 4.69) is 24.2 Å². The van der Waals surface area contributed by atoms with Gasteiger partial charge in [-0.25, -0.2) is 0 Å². The molecule has 0 bridgehead atoms. The van der Waals surface area contributed by atoms with E-state index in [4.69, 9.17) is 0 Å². The van der Waals surface area contributed by atoms with Crippen LogP contribution in [-0.4, -0.2) is 36.6 Å². The number of rotatable bonds is 5. The third-order valence-corrected chi connectivity index (χ3v) is 4.81. The molecule has 17 heavy (non-hydrogen) atoms. The summed E-state index contributed by atoms with van der Waals surface area (Å²) in [4.78, 5) is 2.66. The predicted molar refractivity (Wildman–Crippen MR) is 74.4 cm³/mol. The Labute approximate surface area is 107 Å². The van der Waals surface area contributed by atoms with Gasteiger partial charge in [0.1, 0.15) is 0 Å². The highest BCUT2D eigenvalue weighted by atomic mass is 15.2. The van der Waals surface area contributed by atoms with Crippen LogP contribution in [0.15, 0.2) is 0 Å². The van der Waals surface area contributed by atoms with Gasteiger partial charge < -0.3 is 10.2 Å². The molecule has 2 heteroatoms. The van der Waals surface area contributed by atoms with Crippen molar-refractivity contribution in [3.8, 4) is 0 Å². The normalized spacial score (nSPS) is 31.2. The third kappa shape index (κ3) is 3.45. The second kappa shape index (κ2) is 6.19. The molecule has 0 amide bonds. The average molecular weight is 238 g/mol. The fraction of sp³-hybridized carbons (Fsp3) is 1.00. The molecule has 100 valence electrons. The number of hydrogen-bond donors (Lipinski definition) is 1. The van der Waals surface area contributed by atoms with Crippen LogP contribution in [0.5, 0.6) is 0 Å². The molecule has 0 spiro atoms. The van der Waals surface area contributed by atoms with Crippen LogP contribution < -0.4 is 5.32 Å². The molecule has 0 aromatic carbocycles. The molecular formula is C15H30N2. The van der Waals surface area contributed by atoms with E-state index in [9.17, 15) is 0 Å². The van der Waals surface area contributed by atoms with Crippen molar-refractivity contribution in [3.05, 3.63) is 0 Å². The van der Waals surface area contributed by atoms with E-state index >= 15 is 0 Å². The highest BCUT2D eigenvalue weighted by molar-refractivity contribution is 4.95. The van der Waals surface area contributed by atoms with E-state index in [1.165, 1.54) is 70.9 Å². The van der Waals surface area contributed by atoms with E-state index in [1.54, 1.807) is 0 Å². The zero-order valence-electron chi connectivity index (χ0n) is 11.8. The third-order valence-electron chi connectivity index (χ3n) is 4.81. The van der Waals surface area contributed by atoms with Crippen LogP contribution >= 0.6 is 0 Å². The monoisotopic (exact) mass is 238 g/mol. The summed E-state index contributed by atoms with van der Waals surface area (Å²) in [6.45, 7) is 4.83. The van der Waals surface area contributed by atoms with Crippen molar-refractivity contribution in [3.63, 3.8) is 0 Å². The van der Waals surface area contributed by atoms with Crippen LogP contribution in [0.4, 0.5) is 0 Å². The zero-order chi connectivity index (χ0) is 12.1. The largest absolute Gasteiger partial charge is 0.310 e. The minimum atomic E-state index is 0.445. The molecule has 1 aliphatic carbocycles. The lowest BCUT2D eigenvalue weighted by Gasteiger charge is -2.39. The number of hydrogen-bond acceptors (Lipinski definition) is 2. The first-order valence-electron chi connectivity index (χ1n) is 7.71. The molecule has 1 N–H and O–H groups in total. The Morgan fingerprint density at radius 2 is 1.94 bits per heavy atom. The van der Waals surface area contributed by atoms with Gasteiger partial charge >= 0.3 is 0 Å². The van der Waals surface area contributed by atoms with Crippen LogP contribution in [0, 0.1) is 0 Å². The summed E-state index contributed by atoms with van der Waals surface area (Å²) in [5, 5.41) is 3.80. The fourth-order valence-electron chi connectivity index (χ4n) is 3.90. The summed E-state index contributed by atoms with van der Waals surface area (Å²) in [6.07, 6.45) is 12.6. The Balaban J connectivity index is 1.88. The Morgan fingerprint density at radius 3 is 2.53 bits per heavy atom. The second-order valence-electron chi connectivity index (χ2n) is 6.27. The minimum Gasteiger partial charge on any atom is -0.310 e. The van der Waals surface area contributed by atoms with Crippen LogP contribution in [0.1, 0.15) is 64.7 Å². The van der Waals surface area contributed by atoms with Gasteiger partial charge in [0.15, 0.2) is 0 Å². The molecule has 0 radical (unpaired) electrons. The maximum absolute atomic E-state index is 3.80. The molecule has 1 unspecified atom stereocenters. The summed E-state index contributed by atoms with van der Waals surface area (Å²) >= 11 is 0. The van der Waals surface area contributed by atoms with E-state index in [0.29, 0.717) is 5.54 Å². The molecule has 0 aromatic heterocycles. The Hall–Kier alpha value is -0.0800. The summed E-state index contributed by atoms with van der Waals surface area (Å²) < 4.78 is 0. The zero-order valence-corrected chi connectivity index (χ0v) is 11.8. The van der Waals surface area contributed by atoms with Gasteiger partial charge in [0, 0.05) is 18.1 Å². The van der Waals surface area contributed by atoms with Gasteiger partial charge in [-0.15, -0.1) is 0 Å². The molecule has 1 aliphatic heterocycles. The Morgan fingerprint density at radius 1 is 1.18 bits per heavy atom. The number of nitrogens with one attached hydrogen (secondary N) is 1. The first-order valence-corrected chi connectivity index (χ1v) is 7.71. The van der Waals surface area contributed by atoms with Crippen LogP contribution in [0.3, 0.4) is 0 Å². The van der Waals surface area contributed by atoms with Crippen molar-refractivity contribution in [1.82, 2.24) is 10.2 Å². The molecule has 1 saturated carbocycles. The van der Waals surface area contributed by atoms with Gasteiger partial charge in [-0.3, -0.25) is 0 Å². The standard InChI is InChI=1S/C15H30N2/c1-3-10-15(11-7-12-16-15)13-17(2)14-8-5-4-6-9-14/h14,16H,3-13H2,1-2H3. The quantitative estimate of drug-likeness (QED) is 0.791. The molecule has 2 nitrogen and oxygen atoms in total. The smallest absolute Gasteiger partial charge is 0.0309 e. The van der Waals surface area contributed by atoms with Crippen molar-refractivity contribution in [2.45, 2.75) is 76.3 Å². The molecule has 1 saturated heterocycles. The molecule has 1 heterocycles. The van der Waals surface area contributed by atoms with Gasteiger partial charge in [0.25, 0.3) is 0 Å². The Bertz CT molecular complexity index is 215. The highest BCUT2D eigenvalue weighted by Gasteiger charge is 2.34. The van der Waals surface area contributed by atoms with E-state index < -0.39 is 0 Å². The average Bonchev–Trinajstić information content (AvgIpc) is 2.79. The van der Waals surface area contributed by atoms with E-state index in [1.807, 2.05) is 0 Å². The lowest BCUT2D eigenvalue weighted by molar-refractivity contribution is 0.138. The summed E-state index contributed by atoms with van der Waals surface area (Å²) in [5.41, 5.74) is 0.445. The molecule has 0 aromatic rings. The van der Waals surface area contributed by atoms with Crippen molar-refractivity contribution in [2.75, 3.05) is 20.1 Å². The second-order valence-corrected chi connectivity index (χ2v) is 6.27. The van der Waals surface area contributed by atoms with Gasteiger partial charge in [0.05, 0.1) is 0 Å². The summed E-state index contributed by atoms with van der Waals surface area (Å²) in [5.74, 6) is 0. The number of nitrogens with zero attached hydrogens (tertiary/aromatic N) is 1. The molecule has 2 rings (SSSR count). The minimum absolute atomic E-state index is 0.445. The van der Waals surface area contributed by atoms with Crippen molar-refractivity contribution in [1.29, 1.82) is 0 Å². The van der Waals surface area contributed by atoms with Crippen molar-refractivity contribution < 1.29 is 0 Å². The summed E-state index contributed by atoms with van der Waals surface area (Å²) in [6, 6.07) is 0.861. The lowest BCUT2D eigenvalue weighted by Crippen LogP contribution is -2.51. The SMILES string of the molecule is CCCC1(CN(C)C2CCCCC2)CCCN1. The van der Waals surface area contributed by atoms with Crippen LogP contribution in [0.25, 0.3) is 0 Å². The van der Waals surface area contributed by atoms with Gasteiger partial charge in [-0.1, -0.05) is 32.6 Å². The molecule has 2 fully saturated rings. The fourth-order valence-corrected chi connectivity index (χ4v) is 3.90. The number of likely N-dealkylation sites (N-methyl/N-ethyl adjacent to an activating group) is 1. The maximum Gasteiger partial charge on any atom is 0.0309 e. The van der Waals surface area contributed by atoms with Gasteiger partial charge in [0.2, 0.25) is 0 Å². The Kier molecular flexibility index (Phi) is 4.87. The molecular weight excluding hydrogens is 208 g/mol. The van der Waals surface area contributed by atoms with Gasteiger partial charge in [-0.2, -0.15) is 0 Å². The lowest BCUT2D eigenvalue weighted by atomic mass is 9.88. The first kappa shape index (κ1) is 13.4. The van der Waals surface area contributed by atoms with Crippen molar-refractivity contribution in [2.24, 2.45) is 0 Å². The van der Waals surface area contributed by atoms with E-state index in [0.717, 1.165) is 6.04 Å². The summed E-state index contributed by atoms with van der Waals surface area (Å²) in [7, 11) is 2.35. The van der Waals surface area contributed by atoms with Crippen LogP contribution in [-0.2, 0) is 0 Å². The highest BCUT2D eigenvalue weighted by Crippen LogP contribution is 2.28.